The smallest absolute Gasteiger partial charge is 0.434 e. The average Bonchev–Trinajstić information content (AvgIpc) is 2.64. The van der Waals surface area contributed by atoms with Gasteiger partial charge >= 0.3 is 18.4 Å². The molecule has 0 radical (unpaired) electrons. The predicted molar refractivity (Wildman–Crippen MR) is 93.1 cm³/mol. The summed E-state index contributed by atoms with van der Waals surface area (Å²) in [7, 11) is 1.34. The highest BCUT2D eigenvalue weighted by molar-refractivity contribution is 5.94. The van der Waals surface area contributed by atoms with Crippen LogP contribution in [0.2, 0.25) is 0 Å². The molecule has 0 saturated carbocycles. The topological polar surface area (TPSA) is 72.0 Å². The summed E-state index contributed by atoms with van der Waals surface area (Å²) in [5.41, 5.74) is 0.491. The molecule has 0 unspecified atom stereocenters. The van der Waals surface area contributed by atoms with Crippen LogP contribution in [0, 0.1) is 0 Å². The molecule has 2 N–H and O–H groups in total. The van der Waals surface area contributed by atoms with Crippen molar-refractivity contribution in [1.82, 2.24) is 15.0 Å². The van der Waals surface area contributed by atoms with E-state index in [9.17, 15) is 26.3 Å². The summed E-state index contributed by atoms with van der Waals surface area (Å²) in [4.78, 5) is 10.9. The molecule has 0 aliphatic rings. The minimum Gasteiger partial charge on any atom is -0.440 e. The van der Waals surface area contributed by atoms with E-state index >= 15 is 0 Å². The number of rotatable bonds is 5. The first-order valence-electron chi connectivity index (χ1n) is 8.06. The van der Waals surface area contributed by atoms with Crippen LogP contribution in [0.15, 0.2) is 42.5 Å². The molecular formula is C17H13F6N5O. The first-order chi connectivity index (χ1) is 13.6. The number of aromatic nitrogens is 3. The summed E-state index contributed by atoms with van der Waals surface area (Å²) in [6, 6.07) is 11.3. The maximum Gasteiger partial charge on any atom is 0.434 e. The molecule has 2 aromatic carbocycles. The number of hydrogen-bond acceptors (Lipinski definition) is 6. The number of hydrogen-bond donors (Lipinski definition) is 2. The third kappa shape index (κ3) is 4.76. The summed E-state index contributed by atoms with van der Waals surface area (Å²) in [6.07, 6.45) is -15.5. The second-order valence-corrected chi connectivity index (χ2v) is 5.75. The molecule has 1 heterocycles. The van der Waals surface area contributed by atoms with Crippen molar-refractivity contribution >= 4 is 28.4 Å². The molecule has 1 aromatic heterocycles. The lowest BCUT2D eigenvalue weighted by atomic mass is 10.1. The third-order valence-electron chi connectivity index (χ3n) is 3.69. The van der Waals surface area contributed by atoms with Crippen LogP contribution < -0.4 is 15.4 Å². The summed E-state index contributed by atoms with van der Waals surface area (Å²) in [5.74, 6) is -0.570. The van der Waals surface area contributed by atoms with Crippen molar-refractivity contribution in [3.05, 3.63) is 42.5 Å². The Kier molecular flexibility index (Phi) is 5.36. The number of fused-ring (bicyclic) bond motifs is 1. The average molecular weight is 417 g/mol. The van der Waals surface area contributed by atoms with Gasteiger partial charge in [0.1, 0.15) is 0 Å². The van der Waals surface area contributed by atoms with Crippen molar-refractivity contribution in [3.63, 3.8) is 0 Å². The lowest BCUT2D eigenvalue weighted by Gasteiger charge is -2.23. The minimum atomic E-state index is -5.70. The summed E-state index contributed by atoms with van der Waals surface area (Å²) < 4.78 is 80.6. The zero-order chi connectivity index (χ0) is 21.2. The molecule has 0 bridgehead atoms. The van der Waals surface area contributed by atoms with Gasteiger partial charge in [0.25, 0.3) is 6.10 Å². The first-order valence-corrected chi connectivity index (χ1v) is 8.06. The molecule has 6 nitrogen and oxygen atoms in total. The normalized spacial score (nSPS) is 12.3. The molecule has 29 heavy (non-hydrogen) atoms. The van der Waals surface area contributed by atoms with Gasteiger partial charge in [-0.2, -0.15) is 41.3 Å². The molecule has 0 spiro atoms. The largest absolute Gasteiger partial charge is 0.440 e. The van der Waals surface area contributed by atoms with E-state index in [0.717, 1.165) is 10.8 Å². The second-order valence-electron chi connectivity index (χ2n) is 5.75. The fourth-order valence-corrected chi connectivity index (χ4v) is 2.46. The van der Waals surface area contributed by atoms with E-state index in [0.29, 0.717) is 5.69 Å². The highest BCUT2D eigenvalue weighted by atomic mass is 19.4. The molecule has 3 aromatic rings. The van der Waals surface area contributed by atoms with Gasteiger partial charge < -0.3 is 15.4 Å². The Labute approximate surface area is 159 Å². The lowest BCUT2D eigenvalue weighted by molar-refractivity contribution is -0.301. The van der Waals surface area contributed by atoms with Crippen LogP contribution in [-0.2, 0) is 0 Å². The molecule has 0 aliphatic heterocycles. The number of halogens is 6. The Hall–Kier alpha value is -3.31. The van der Waals surface area contributed by atoms with E-state index in [1.165, 1.54) is 7.05 Å². The number of ether oxygens (including phenoxy) is 1. The van der Waals surface area contributed by atoms with E-state index in [-0.39, 0.29) is 11.9 Å². The van der Waals surface area contributed by atoms with Gasteiger partial charge in [-0.3, -0.25) is 0 Å². The van der Waals surface area contributed by atoms with Crippen LogP contribution in [0.4, 0.5) is 43.9 Å². The van der Waals surface area contributed by atoms with Gasteiger partial charge in [-0.1, -0.05) is 36.4 Å². The van der Waals surface area contributed by atoms with Crippen LogP contribution in [0.3, 0.4) is 0 Å². The Morgan fingerprint density at radius 2 is 1.45 bits per heavy atom. The van der Waals surface area contributed by atoms with Crippen LogP contribution in [0.5, 0.6) is 6.01 Å². The van der Waals surface area contributed by atoms with Crippen molar-refractivity contribution < 1.29 is 31.1 Å². The molecule has 3 rings (SSSR count). The van der Waals surface area contributed by atoms with Crippen molar-refractivity contribution in [1.29, 1.82) is 0 Å². The quantitative estimate of drug-likeness (QED) is 0.588. The van der Waals surface area contributed by atoms with E-state index in [4.69, 9.17) is 0 Å². The van der Waals surface area contributed by atoms with E-state index in [1.54, 1.807) is 24.3 Å². The summed E-state index contributed by atoms with van der Waals surface area (Å²) >= 11 is 0. The number of nitrogens with zero attached hydrogens (tertiary/aromatic N) is 3. The van der Waals surface area contributed by atoms with Crippen molar-refractivity contribution in [3.8, 4) is 6.01 Å². The maximum atomic E-state index is 12.8. The molecule has 0 atom stereocenters. The van der Waals surface area contributed by atoms with Crippen molar-refractivity contribution in [2.24, 2.45) is 0 Å². The van der Waals surface area contributed by atoms with E-state index in [2.05, 4.69) is 30.3 Å². The SMILES string of the molecule is CNc1nc(Nc2cccc3ccccc23)nc(OC(C(F)(F)F)C(F)(F)F)n1. The zero-order valence-electron chi connectivity index (χ0n) is 14.6. The number of anilines is 3. The highest BCUT2D eigenvalue weighted by Crippen LogP contribution is 2.36. The molecule has 0 amide bonds. The van der Waals surface area contributed by atoms with Crippen LogP contribution in [0.1, 0.15) is 0 Å². The van der Waals surface area contributed by atoms with Crippen LogP contribution in [0.25, 0.3) is 10.8 Å². The number of alkyl halides is 6. The van der Waals surface area contributed by atoms with Gasteiger partial charge in [-0.25, -0.2) is 0 Å². The minimum absolute atomic E-state index is 0.277. The standard InChI is InChI=1S/C17H13F6N5O/c1-24-13-26-14(25-11-8-4-6-9-5-2-3-7-10(9)11)28-15(27-13)29-12(16(18,19)20)17(21,22)23/h2-8,12H,1H3,(H2,24,25,26,27,28). The van der Waals surface area contributed by atoms with Gasteiger partial charge in [0, 0.05) is 18.1 Å². The Morgan fingerprint density at radius 3 is 2.10 bits per heavy atom. The fraction of sp³-hybridized carbons (Fsp3) is 0.235. The Bertz CT molecular complexity index is 988. The van der Waals surface area contributed by atoms with Crippen LogP contribution >= 0.6 is 0 Å². The lowest BCUT2D eigenvalue weighted by Crippen LogP contribution is -2.46. The maximum absolute atomic E-state index is 12.8. The second kappa shape index (κ2) is 7.60. The first kappa shape index (κ1) is 20.4. The molecular weight excluding hydrogens is 404 g/mol. The van der Waals surface area contributed by atoms with Crippen molar-refractivity contribution in [2.75, 3.05) is 17.7 Å². The van der Waals surface area contributed by atoms with E-state index in [1.807, 2.05) is 18.2 Å². The molecule has 0 saturated heterocycles. The van der Waals surface area contributed by atoms with Crippen molar-refractivity contribution in [2.45, 2.75) is 18.5 Å². The molecule has 154 valence electrons. The molecule has 0 aliphatic carbocycles. The zero-order valence-corrected chi connectivity index (χ0v) is 14.6. The Balaban J connectivity index is 1.97. The third-order valence-corrected chi connectivity index (χ3v) is 3.69. The Morgan fingerprint density at radius 1 is 0.828 bits per heavy atom. The summed E-state index contributed by atoms with van der Waals surface area (Å²) in [6.45, 7) is 0. The number of benzene rings is 2. The van der Waals surface area contributed by atoms with Gasteiger partial charge in [0.15, 0.2) is 0 Å². The van der Waals surface area contributed by atoms with Gasteiger partial charge in [-0.15, -0.1) is 0 Å². The van der Waals surface area contributed by atoms with Gasteiger partial charge in [0.05, 0.1) is 0 Å². The highest BCUT2D eigenvalue weighted by Gasteiger charge is 2.59. The van der Waals surface area contributed by atoms with Gasteiger partial charge in [0.2, 0.25) is 11.9 Å². The van der Waals surface area contributed by atoms with Gasteiger partial charge in [-0.05, 0) is 11.5 Å². The fourth-order valence-electron chi connectivity index (χ4n) is 2.46. The van der Waals surface area contributed by atoms with Crippen LogP contribution in [-0.4, -0.2) is 40.5 Å². The number of nitrogens with one attached hydrogen (secondary N) is 2. The molecule has 12 heteroatoms. The molecule has 0 fully saturated rings. The summed E-state index contributed by atoms with van der Waals surface area (Å²) in [5, 5.41) is 6.80. The predicted octanol–water partition coefficient (Wildman–Crippen LogP) is 4.68. The monoisotopic (exact) mass is 417 g/mol. The van der Waals surface area contributed by atoms with E-state index < -0.39 is 24.5 Å².